The number of rotatable bonds is 3. The molecule has 1 aromatic rings. The summed E-state index contributed by atoms with van der Waals surface area (Å²) in [5.74, 6) is 0. The van der Waals surface area contributed by atoms with Crippen LogP contribution in [0.4, 0.5) is 13.2 Å². The Bertz CT molecular complexity index is 503. The minimum Gasteiger partial charge on any atom is -0.309 e. The summed E-state index contributed by atoms with van der Waals surface area (Å²) in [5, 5.41) is 11.0. The van der Waals surface area contributed by atoms with E-state index in [0.29, 0.717) is 18.6 Å². The molecule has 1 aliphatic heterocycles. The number of halogens is 3. The van der Waals surface area contributed by atoms with Crippen LogP contribution in [0.15, 0.2) is 36.4 Å². The van der Waals surface area contributed by atoms with E-state index in [4.69, 9.17) is 5.41 Å². The fraction of sp³-hybridized carbons (Fsp3) is 0.400. The van der Waals surface area contributed by atoms with Crippen LogP contribution in [0.25, 0.3) is 0 Å². The van der Waals surface area contributed by atoms with Gasteiger partial charge in [0.15, 0.2) is 0 Å². The predicted molar refractivity (Wildman–Crippen MR) is 73.0 cm³/mol. The molecule has 0 radical (unpaired) electrons. The van der Waals surface area contributed by atoms with Crippen molar-refractivity contribution in [2.75, 3.05) is 6.54 Å². The Balaban J connectivity index is 1.94. The van der Waals surface area contributed by atoms with Crippen LogP contribution in [0.1, 0.15) is 24.0 Å². The number of nitrogens with one attached hydrogen (secondary N) is 2. The van der Waals surface area contributed by atoms with Crippen LogP contribution in [0.5, 0.6) is 0 Å². The Kier molecular flexibility index (Phi) is 4.28. The number of piperidine rings is 1. The zero-order chi connectivity index (χ0) is 14.8. The van der Waals surface area contributed by atoms with Crippen molar-refractivity contribution in [3.8, 4) is 0 Å². The Labute approximate surface area is 116 Å². The molecule has 2 N–H and O–H groups in total. The van der Waals surface area contributed by atoms with Crippen molar-refractivity contribution in [3.05, 3.63) is 47.5 Å². The molecular formula is C15H17F3N2. The minimum absolute atomic E-state index is 0.0542. The van der Waals surface area contributed by atoms with Crippen LogP contribution >= 0.6 is 0 Å². The molecule has 0 spiro atoms. The summed E-state index contributed by atoms with van der Waals surface area (Å²) >= 11 is 0. The van der Waals surface area contributed by atoms with E-state index in [-0.39, 0.29) is 6.04 Å². The van der Waals surface area contributed by atoms with Crippen molar-refractivity contribution < 1.29 is 13.2 Å². The number of benzene rings is 1. The first-order chi connectivity index (χ1) is 9.38. The molecule has 1 unspecified atom stereocenters. The topological polar surface area (TPSA) is 35.9 Å². The third-order valence-corrected chi connectivity index (χ3v) is 3.58. The maximum Gasteiger partial charge on any atom is 0.416 e. The van der Waals surface area contributed by atoms with Gasteiger partial charge in [0.05, 0.1) is 5.56 Å². The Hall–Kier alpha value is -1.62. The SMILES string of the molecule is C=C1C(=N)CCNC1CCc1ccc(C(F)(F)F)cc1. The normalized spacial score (nSPS) is 20.2. The molecule has 1 fully saturated rings. The number of alkyl halides is 3. The smallest absolute Gasteiger partial charge is 0.309 e. The Morgan fingerprint density at radius 2 is 1.90 bits per heavy atom. The zero-order valence-corrected chi connectivity index (χ0v) is 11.1. The van der Waals surface area contributed by atoms with Gasteiger partial charge < -0.3 is 10.7 Å². The average molecular weight is 282 g/mol. The molecule has 108 valence electrons. The lowest BCUT2D eigenvalue weighted by Crippen LogP contribution is -2.40. The third kappa shape index (κ3) is 3.48. The molecule has 2 rings (SSSR count). The number of hydrogen-bond acceptors (Lipinski definition) is 2. The third-order valence-electron chi connectivity index (χ3n) is 3.58. The fourth-order valence-electron chi connectivity index (χ4n) is 2.31. The molecule has 0 aliphatic carbocycles. The second-order valence-electron chi connectivity index (χ2n) is 4.99. The highest BCUT2D eigenvalue weighted by molar-refractivity contribution is 5.99. The van der Waals surface area contributed by atoms with E-state index in [9.17, 15) is 13.2 Å². The van der Waals surface area contributed by atoms with Gasteiger partial charge in [-0.2, -0.15) is 13.2 Å². The van der Waals surface area contributed by atoms with Gasteiger partial charge >= 0.3 is 6.18 Å². The monoisotopic (exact) mass is 282 g/mol. The second-order valence-corrected chi connectivity index (χ2v) is 4.99. The van der Waals surface area contributed by atoms with Gasteiger partial charge in [-0.25, -0.2) is 0 Å². The van der Waals surface area contributed by atoms with Crippen LogP contribution in [0.3, 0.4) is 0 Å². The van der Waals surface area contributed by atoms with Crippen molar-refractivity contribution in [3.63, 3.8) is 0 Å². The van der Waals surface area contributed by atoms with Crippen LogP contribution < -0.4 is 5.32 Å². The quantitative estimate of drug-likeness (QED) is 0.873. The van der Waals surface area contributed by atoms with Crippen molar-refractivity contribution in [2.45, 2.75) is 31.5 Å². The maximum absolute atomic E-state index is 12.4. The summed E-state index contributed by atoms with van der Waals surface area (Å²) in [7, 11) is 0. The lowest BCUT2D eigenvalue weighted by atomic mass is 9.92. The van der Waals surface area contributed by atoms with Crippen molar-refractivity contribution in [2.24, 2.45) is 0 Å². The van der Waals surface area contributed by atoms with E-state index < -0.39 is 11.7 Å². The second kappa shape index (κ2) is 5.79. The summed E-state index contributed by atoms with van der Waals surface area (Å²) in [4.78, 5) is 0. The van der Waals surface area contributed by atoms with E-state index in [1.807, 2.05) is 0 Å². The molecule has 20 heavy (non-hydrogen) atoms. The van der Waals surface area contributed by atoms with Crippen molar-refractivity contribution in [1.29, 1.82) is 5.41 Å². The average Bonchev–Trinajstić information content (AvgIpc) is 2.40. The molecule has 1 aromatic carbocycles. The van der Waals surface area contributed by atoms with Crippen molar-refractivity contribution in [1.82, 2.24) is 5.32 Å². The molecule has 2 nitrogen and oxygen atoms in total. The molecule has 1 heterocycles. The van der Waals surface area contributed by atoms with Gasteiger partial charge in [-0.1, -0.05) is 18.7 Å². The lowest BCUT2D eigenvalue weighted by Gasteiger charge is -2.26. The van der Waals surface area contributed by atoms with Gasteiger partial charge in [0.2, 0.25) is 0 Å². The molecule has 1 atom stereocenters. The van der Waals surface area contributed by atoms with Crippen LogP contribution in [0, 0.1) is 5.41 Å². The molecule has 0 aromatic heterocycles. The first kappa shape index (κ1) is 14.8. The standard InChI is InChI=1S/C15H17F3N2/c1-10-13(19)8-9-20-14(10)7-4-11-2-5-12(6-3-11)15(16,17)18/h2-3,5-6,14,19-20H,1,4,7-9H2. The summed E-state index contributed by atoms with van der Waals surface area (Å²) in [5.41, 5.74) is 1.61. The molecule has 1 aliphatic rings. The van der Waals surface area contributed by atoms with Gasteiger partial charge in [0.25, 0.3) is 0 Å². The highest BCUT2D eigenvalue weighted by Crippen LogP contribution is 2.29. The minimum atomic E-state index is -4.28. The molecule has 5 heteroatoms. The largest absolute Gasteiger partial charge is 0.416 e. The van der Waals surface area contributed by atoms with Gasteiger partial charge in [-0.3, -0.25) is 0 Å². The molecule has 0 saturated carbocycles. The van der Waals surface area contributed by atoms with Crippen molar-refractivity contribution >= 4 is 5.71 Å². The van der Waals surface area contributed by atoms with Crippen LogP contribution in [0.2, 0.25) is 0 Å². The van der Waals surface area contributed by atoms with E-state index in [1.165, 1.54) is 12.1 Å². The molecule has 1 saturated heterocycles. The van der Waals surface area contributed by atoms with E-state index in [2.05, 4.69) is 11.9 Å². The predicted octanol–water partition coefficient (Wildman–Crippen LogP) is 3.58. The number of aryl methyl sites for hydroxylation is 1. The van der Waals surface area contributed by atoms with Crippen LogP contribution in [-0.4, -0.2) is 18.3 Å². The summed E-state index contributed by atoms with van der Waals surface area (Å²) in [6.07, 6.45) is -2.18. The fourth-order valence-corrected chi connectivity index (χ4v) is 2.31. The van der Waals surface area contributed by atoms with Gasteiger partial charge in [-0.05, 0) is 36.1 Å². The number of hydrogen-bond donors (Lipinski definition) is 2. The first-order valence-corrected chi connectivity index (χ1v) is 6.54. The highest BCUT2D eigenvalue weighted by atomic mass is 19.4. The zero-order valence-electron chi connectivity index (χ0n) is 11.1. The molecule has 0 bridgehead atoms. The summed E-state index contributed by atoms with van der Waals surface area (Å²) in [6, 6.07) is 5.30. The van der Waals surface area contributed by atoms with E-state index >= 15 is 0 Å². The summed E-state index contributed by atoms with van der Waals surface area (Å²) in [6.45, 7) is 4.66. The summed E-state index contributed by atoms with van der Waals surface area (Å²) < 4.78 is 37.3. The van der Waals surface area contributed by atoms with Gasteiger partial charge in [-0.15, -0.1) is 0 Å². The first-order valence-electron chi connectivity index (χ1n) is 6.54. The van der Waals surface area contributed by atoms with Gasteiger partial charge in [0.1, 0.15) is 0 Å². The van der Waals surface area contributed by atoms with Gasteiger partial charge in [0, 0.05) is 24.7 Å². The molecular weight excluding hydrogens is 265 g/mol. The van der Waals surface area contributed by atoms with Crippen LogP contribution in [-0.2, 0) is 12.6 Å². The van der Waals surface area contributed by atoms with E-state index in [0.717, 1.165) is 36.2 Å². The molecule has 0 amide bonds. The Morgan fingerprint density at radius 3 is 2.50 bits per heavy atom. The highest BCUT2D eigenvalue weighted by Gasteiger charge is 2.30. The lowest BCUT2D eigenvalue weighted by molar-refractivity contribution is -0.137. The van der Waals surface area contributed by atoms with E-state index in [1.54, 1.807) is 0 Å². The Morgan fingerprint density at radius 1 is 1.25 bits per heavy atom. The maximum atomic E-state index is 12.4.